The third-order valence-electron chi connectivity index (χ3n) is 10.5. The first-order chi connectivity index (χ1) is 17.6. The van der Waals surface area contributed by atoms with Crippen molar-refractivity contribution in [1.29, 1.82) is 0 Å². The van der Waals surface area contributed by atoms with E-state index >= 15 is 0 Å². The van der Waals surface area contributed by atoms with Crippen LogP contribution in [-0.4, -0.2) is 39.4 Å². The predicted octanol–water partition coefficient (Wildman–Crippen LogP) is 6.61. The zero-order valence-electron chi connectivity index (χ0n) is 23.4. The Morgan fingerprint density at radius 3 is 2.59 bits per heavy atom. The van der Waals surface area contributed by atoms with Crippen molar-refractivity contribution in [3.8, 4) is 0 Å². The quantitative estimate of drug-likeness (QED) is 0.228. The fourth-order valence-electron chi connectivity index (χ4n) is 7.87. The molecule has 0 spiro atoms. The number of Topliss-reactive ketones (excluding diaryl/α,β-unsaturated/α-hetero) is 1. The summed E-state index contributed by atoms with van der Waals surface area (Å²) in [4.78, 5) is 12.8. The van der Waals surface area contributed by atoms with E-state index in [0.29, 0.717) is 37.0 Å². The van der Waals surface area contributed by atoms with Gasteiger partial charge < -0.3 is 15.3 Å². The molecule has 0 heterocycles. The van der Waals surface area contributed by atoms with Crippen molar-refractivity contribution >= 4 is 5.78 Å². The minimum atomic E-state index is -0.656. The van der Waals surface area contributed by atoms with Crippen molar-refractivity contribution in [3.63, 3.8) is 0 Å². The number of aliphatic hydroxyl groups is 3. The summed E-state index contributed by atoms with van der Waals surface area (Å²) < 4.78 is 0. The van der Waals surface area contributed by atoms with E-state index < -0.39 is 23.7 Å². The van der Waals surface area contributed by atoms with E-state index in [0.717, 1.165) is 49.7 Å². The molecule has 4 aliphatic carbocycles. The van der Waals surface area contributed by atoms with E-state index in [-0.39, 0.29) is 11.2 Å². The molecule has 0 amide bonds. The second kappa shape index (κ2) is 11.7. The number of unbranched alkanes of at least 4 members (excludes halogenated alkanes) is 2. The highest BCUT2D eigenvalue weighted by Crippen LogP contribution is 2.60. The van der Waals surface area contributed by atoms with Crippen molar-refractivity contribution < 1.29 is 20.1 Å². The average Bonchev–Trinajstić information content (AvgIpc) is 3.60. The topological polar surface area (TPSA) is 77.8 Å². The lowest BCUT2D eigenvalue weighted by atomic mass is 9.61. The van der Waals surface area contributed by atoms with Gasteiger partial charge in [-0.1, -0.05) is 70.1 Å². The van der Waals surface area contributed by atoms with Gasteiger partial charge in [0.05, 0.1) is 23.7 Å². The van der Waals surface area contributed by atoms with Gasteiger partial charge >= 0.3 is 0 Å². The zero-order chi connectivity index (χ0) is 26.8. The summed E-state index contributed by atoms with van der Waals surface area (Å²) in [7, 11) is 0. The molecule has 0 unspecified atom stereocenters. The third-order valence-corrected chi connectivity index (χ3v) is 10.5. The highest BCUT2D eigenvalue weighted by molar-refractivity contribution is 5.88. The maximum atomic E-state index is 12.8. The Labute approximate surface area is 224 Å². The minimum Gasteiger partial charge on any atom is -0.393 e. The molecule has 0 saturated heterocycles. The number of ketones is 1. The number of allylic oxidation sites excluding steroid dienone is 4. The molecule has 4 nitrogen and oxygen atoms in total. The summed E-state index contributed by atoms with van der Waals surface area (Å²) in [6.07, 6.45) is 18.9. The largest absolute Gasteiger partial charge is 0.393 e. The van der Waals surface area contributed by atoms with E-state index in [9.17, 15) is 20.1 Å². The third kappa shape index (κ3) is 5.92. The molecule has 4 aliphatic rings. The minimum absolute atomic E-state index is 0.229. The molecule has 4 rings (SSSR count). The Morgan fingerprint density at radius 1 is 1.14 bits per heavy atom. The van der Waals surface area contributed by atoms with Crippen LogP contribution in [0.1, 0.15) is 104 Å². The van der Waals surface area contributed by atoms with Crippen LogP contribution < -0.4 is 0 Å². The number of hydrogen-bond acceptors (Lipinski definition) is 4. The van der Waals surface area contributed by atoms with Crippen molar-refractivity contribution in [3.05, 3.63) is 47.6 Å². The molecule has 3 N–H and O–H groups in total. The number of carbonyl (C=O) groups excluding carboxylic acids is 1. The molecule has 0 aromatic carbocycles. The maximum Gasteiger partial charge on any atom is 0.141 e. The molecule has 206 valence electrons. The van der Waals surface area contributed by atoms with Crippen molar-refractivity contribution in [1.82, 2.24) is 0 Å². The monoisotopic (exact) mass is 510 g/mol. The van der Waals surface area contributed by atoms with E-state index in [2.05, 4.69) is 45.6 Å². The second-order valence-electron chi connectivity index (χ2n) is 12.9. The van der Waals surface area contributed by atoms with Crippen LogP contribution in [0.15, 0.2) is 47.6 Å². The Kier molecular flexibility index (Phi) is 9.03. The number of carbonyl (C=O) groups is 1. The standard InChI is InChI=1S/C33H50O4/c1-5-6-7-10-30(36)33(18-19-33)31(37)16-11-22(2)27-14-15-28-24(9-8-17-32(27,28)4)12-13-25-20-26(34)21-29(35)23(25)3/h11-13,16,22,26-29,31,34-35,37H,3,5-10,14-15,17-21H2,1-2,4H3/b16-11+,24-12+,25-13-/t22-,26-,27-,28+,29+,31-,32-/m1/s1. The number of fused-ring (bicyclic) bond motifs is 1. The summed E-state index contributed by atoms with van der Waals surface area (Å²) in [5.74, 6) is 1.72. The van der Waals surface area contributed by atoms with Crippen molar-refractivity contribution in [2.75, 3.05) is 0 Å². The number of rotatable bonds is 10. The fraction of sp³-hybridized carbons (Fsp3) is 0.727. The molecule has 4 fully saturated rings. The molecule has 4 saturated carbocycles. The van der Waals surface area contributed by atoms with Crippen LogP contribution in [0.5, 0.6) is 0 Å². The Bertz CT molecular complexity index is 938. The molecule has 0 radical (unpaired) electrons. The van der Waals surface area contributed by atoms with Gasteiger partial charge in [-0.05, 0) is 92.1 Å². The van der Waals surface area contributed by atoms with Gasteiger partial charge in [-0.3, -0.25) is 4.79 Å². The first kappa shape index (κ1) is 28.5. The van der Waals surface area contributed by atoms with Crippen LogP contribution in [0.4, 0.5) is 0 Å². The van der Waals surface area contributed by atoms with Crippen LogP contribution in [0, 0.1) is 28.6 Å². The van der Waals surface area contributed by atoms with E-state index in [1.807, 2.05) is 6.08 Å². The van der Waals surface area contributed by atoms with E-state index in [4.69, 9.17) is 0 Å². The zero-order valence-corrected chi connectivity index (χ0v) is 23.4. The smallest absolute Gasteiger partial charge is 0.141 e. The highest BCUT2D eigenvalue weighted by atomic mass is 16.3. The molecule has 4 heteroatoms. The van der Waals surface area contributed by atoms with Gasteiger partial charge in [-0.15, -0.1) is 0 Å². The van der Waals surface area contributed by atoms with Crippen LogP contribution in [0.2, 0.25) is 0 Å². The number of hydrogen-bond donors (Lipinski definition) is 3. The molecule has 0 aliphatic heterocycles. The first-order valence-corrected chi connectivity index (χ1v) is 15.0. The normalized spacial score (nSPS) is 37.2. The van der Waals surface area contributed by atoms with E-state index in [1.165, 1.54) is 31.3 Å². The Balaban J connectivity index is 1.42. The average molecular weight is 511 g/mol. The van der Waals surface area contributed by atoms with E-state index in [1.54, 1.807) is 0 Å². The van der Waals surface area contributed by atoms with Gasteiger partial charge in [0.15, 0.2) is 0 Å². The van der Waals surface area contributed by atoms with Gasteiger partial charge in [0.2, 0.25) is 0 Å². The second-order valence-corrected chi connectivity index (χ2v) is 12.9. The summed E-state index contributed by atoms with van der Waals surface area (Å²) in [6, 6.07) is 0. The first-order valence-electron chi connectivity index (χ1n) is 15.0. The molecule has 0 bridgehead atoms. The van der Waals surface area contributed by atoms with Gasteiger partial charge in [0, 0.05) is 12.8 Å². The van der Waals surface area contributed by atoms with Gasteiger partial charge in [-0.25, -0.2) is 0 Å². The number of aliphatic hydroxyl groups excluding tert-OH is 3. The molecular weight excluding hydrogens is 460 g/mol. The Hall–Kier alpha value is -1.49. The SMILES string of the molecule is C=C1/C(=C\C=C2/CCC[C@]3(C)[C@@H]([C@H](C)/C=C/[C@@H](O)C4(C(=O)CCCCC)CC4)CC[C@@H]23)C[C@@H](O)C[C@@H]1O. The van der Waals surface area contributed by atoms with Crippen molar-refractivity contribution in [2.45, 2.75) is 123 Å². The molecule has 37 heavy (non-hydrogen) atoms. The predicted molar refractivity (Wildman–Crippen MR) is 150 cm³/mol. The lowest BCUT2D eigenvalue weighted by Gasteiger charge is -2.44. The van der Waals surface area contributed by atoms with Crippen molar-refractivity contribution in [2.24, 2.45) is 28.6 Å². The molecule has 0 aromatic heterocycles. The summed E-state index contributed by atoms with van der Waals surface area (Å²) in [5.41, 5.74) is 2.94. The maximum absolute atomic E-state index is 12.8. The lowest BCUT2D eigenvalue weighted by molar-refractivity contribution is -0.127. The molecule has 0 aromatic rings. The Morgan fingerprint density at radius 2 is 1.89 bits per heavy atom. The molecule has 7 atom stereocenters. The van der Waals surface area contributed by atoms with Crippen LogP contribution >= 0.6 is 0 Å². The van der Waals surface area contributed by atoms with Crippen LogP contribution in [0.25, 0.3) is 0 Å². The summed E-state index contributed by atoms with van der Waals surface area (Å²) in [5, 5.41) is 31.3. The van der Waals surface area contributed by atoms with Crippen LogP contribution in [-0.2, 0) is 4.79 Å². The van der Waals surface area contributed by atoms with Crippen LogP contribution in [0.3, 0.4) is 0 Å². The molecular formula is C33H50O4. The fourth-order valence-corrected chi connectivity index (χ4v) is 7.87. The van der Waals surface area contributed by atoms with Gasteiger partial charge in [0.1, 0.15) is 5.78 Å². The summed E-state index contributed by atoms with van der Waals surface area (Å²) >= 11 is 0. The van der Waals surface area contributed by atoms with Gasteiger partial charge in [0.25, 0.3) is 0 Å². The highest BCUT2D eigenvalue weighted by Gasteiger charge is 2.54. The van der Waals surface area contributed by atoms with Gasteiger partial charge in [-0.2, -0.15) is 0 Å². The lowest BCUT2D eigenvalue weighted by Crippen LogP contribution is -2.35. The summed E-state index contributed by atoms with van der Waals surface area (Å²) in [6.45, 7) is 11.0.